The molecule has 1 fully saturated rings. The van der Waals surface area contributed by atoms with Crippen LogP contribution in [0.15, 0.2) is 21.9 Å². The molecular formula is C11H18FN2O13P3. The van der Waals surface area contributed by atoms with Crippen LogP contribution >= 0.6 is 23.5 Å². The highest BCUT2D eigenvalue weighted by Gasteiger charge is 2.49. The third-order valence-corrected chi connectivity index (χ3v) is 7.61. The summed E-state index contributed by atoms with van der Waals surface area (Å²) in [6, 6.07) is 1.03. The van der Waals surface area contributed by atoms with Gasteiger partial charge in [-0.25, -0.2) is 22.9 Å². The van der Waals surface area contributed by atoms with Gasteiger partial charge in [-0.05, 0) is 6.42 Å². The summed E-state index contributed by atoms with van der Waals surface area (Å²) < 4.78 is 65.5. The predicted octanol–water partition coefficient (Wildman–Crippen LogP) is 0.143. The lowest BCUT2D eigenvalue weighted by atomic mass is 9.96. The number of nitrogens with zero attached hydrogens (tertiary/aromatic N) is 1. The Hall–Kier alpha value is -1.02. The molecule has 2 heterocycles. The van der Waals surface area contributed by atoms with E-state index in [0.29, 0.717) is 0 Å². The minimum Gasteiger partial charge on any atom is -0.346 e. The van der Waals surface area contributed by atoms with Crippen molar-refractivity contribution < 1.29 is 55.5 Å². The van der Waals surface area contributed by atoms with Crippen LogP contribution in [-0.4, -0.2) is 48.0 Å². The SMILES string of the molecule is C[C@H]1C[C@@](CF)(COP(=O)(O)OP(=O)(O)OP(=O)(O)O)O[C@H]1n1ccc(=O)[nH]c1=O. The number of ether oxygens (including phenoxy) is 1. The van der Waals surface area contributed by atoms with Crippen LogP contribution in [0, 0.1) is 5.92 Å². The molecule has 0 aromatic carbocycles. The molecule has 5 N–H and O–H groups in total. The highest BCUT2D eigenvalue weighted by atomic mass is 31.3. The van der Waals surface area contributed by atoms with Crippen molar-refractivity contribution in [3.8, 4) is 0 Å². The van der Waals surface area contributed by atoms with Crippen LogP contribution in [0.3, 0.4) is 0 Å². The van der Waals surface area contributed by atoms with Crippen LogP contribution in [-0.2, 0) is 31.6 Å². The molecule has 0 aliphatic carbocycles. The number of phosphoric acid groups is 3. The van der Waals surface area contributed by atoms with Gasteiger partial charge in [0, 0.05) is 18.2 Å². The molecule has 1 aromatic rings. The van der Waals surface area contributed by atoms with Crippen LogP contribution in [0.2, 0.25) is 0 Å². The van der Waals surface area contributed by atoms with Crippen molar-refractivity contribution in [3.05, 3.63) is 33.1 Å². The molecule has 1 saturated heterocycles. The highest BCUT2D eigenvalue weighted by molar-refractivity contribution is 7.66. The fourth-order valence-corrected chi connectivity index (χ4v) is 5.88. The van der Waals surface area contributed by atoms with E-state index in [2.05, 4.69) is 13.1 Å². The van der Waals surface area contributed by atoms with E-state index in [1.807, 2.05) is 4.98 Å². The molecular weight excluding hydrogens is 480 g/mol. The van der Waals surface area contributed by atoms with Gasteiger partial charge in [-0.2, -0.15) is 8.62 Å². The maximum absolute atomic E-state index is 13.7. The Morgan fingerprint density at radius 3 is 2.40 bits per heavy atom. The smallest absolute Gasteiger partial charge is 0.346 e. The number of rotatable bonds is 9. The standard InChI is InChI=1S/C11H18FN2O13P3/c1-7-4-11(5-12,25-9(7)14-3-2-8(15)13-10(14)16)6-24-29(20,21)27-30(22,23)26-28(17,18)19/h2-3,7,9H,4-6H2,1H3,(H,20,21)(H,22,23)(H,13,15,16)(H2,17,18,19)/t7-,9+,11+/m0/s1. The monoisotopic (exact) mass is 498 g/mol. The van der Waals surface area contributed by atoms with E-state index in [9.17, 15) is 32.6 Å². The van der Waals surface area contributed by atoms with Gasteiger partial charge in [0.15, 0.2) is 0 Å². The molecule has 172 valence electrons. The minimum absolute atomic E-state index is 0.143. The molecule has 1 aliphatic rings. The van der Waals surface area contributed by atoms with Crippen molar-refractivity contribution >= 4 is 23.5 Å². The number of hydrogen-bond donors (Lipinski definition) is 5. The number of alkyl halides is 1. The van der Waals surface area contributed by atoms with Crippen molar-refractivity contribution in [1.29, 1.82) is 0 Å². The van der Waals surface area contributed by atoms with Gasteiger partial charge in [0.1, 0.15) is 18.5 Å². The van der Waals surface area contributed by atoms with Crippen molar-refractivity contribution in [2.24, 2.45) is 5.92 Å². The van der Waals surface area contributed by atoms with Gasteiger partial charge in [0.2, 0.25) is 0 Å². The van der Waals surface area contributed by atoms with Gasteiger partial charge in [-0.3, -0.25) is 18.9 Å². The van der Waals surface area contributed by atoms with E-state index < -0.39 is 65.7 Å². The molecule has 0 spiro atoms. The minimum atomic E-state index is -5.73. The van der Waals surface area contributed by atoms with Crippen molar-refractivity contribution in [3.63, 3.8) is 0 Å². The second kappa shape index (κ2) is 8.85. The second-order valence-electron chi connectivity index (χ2n) is 6.39. The van der Waals surface area contributed by atoms with Crippen molar-refractivity contribution in [1.82, 2.24) is 9.55 Å². The predicted molar refractivity (Wildman–Crippen MR) is 93.7 cm³/mol. The molecule has 30 heavy (non-hydrogen) atoms. The number of phosphoric ester groups is 1. The number of aromatic nitrogens is 2. The van der Waals surface area contributed by atoms with E-state index in [1.54, 1.807) is 6.92 Å². The zero-order chi connectivity index (χ0) is 23.0. The van der Waals surface area contributed by atoms with Crippen LogP contribution in [0.25, 0.3) is 0 Å². The molecule has 0 radical (unpaired) electrons. The molecule has 2 unspecified atom stereocenters. The van der Waals surface area contributed by atoms with Gasteiger partial charge >= 0.3 is 29.2 Å². The largest absolute Gasteiger partial charge is 0.490 e. The van der Waals surface area contributed by atoms with Gasteiger partial charge in [-0.1, -0.05) is 6.92 Å². The number of nitrogens with one attached hydrogen (secondary N) is 1. The van der Waals surface area contributed by atoms with E-state index in [4.69, 9.17) is 19.4 Å². The first-order valence-electron chi connectivity index (χ1n) is 7.91. The summed E-state index contributed by atoms with van der Waals surface area (Å²) in [5.41, 5.74) is -3.40. The molecule has 0 bridgehead atoms. The average molecular weight is 498 g/mol. The van der Waals surface area contributed by atoms with E-state index in [-0.39, 0.29) is 6.42 Å². The maximum atomic E-state index is 13.7. The molecule has 1 aromatic heterocycles. The Morgan fingerprint density at radius 1 is 1.23 bits per heavy atom. The number of aromatic amines is 1. The molecule has 1 aliphatic heterocycles. The summed E-state index contributed by atoms with van der Waals surface area (Å²) in [7, 11) is -16.8. The number of halogens is 1. The molecule has 15 nitrogen and oxygen atoms in total. The summed E-state index contributed by atoms with van der Waals surface area (Å²) in [6.07, 6.45) is -0.122. The van der Waals surface area contributed by atoms with Crippen LogP contribution in [0.4, 0.5) is 4.39 Å². The quantitative estimate of drug-likeness (QED) is 0.286. The van der Waals surface area contributed by atoms with Crippen LogP contribution < -0.4 is 11.2 Å². The van der Waals surface area contributed by atoms with E-state index >= 15 is 0 Å². The third-order valence-electron chi connectivity index (χ3n) is 3.83. The number of H-pyrrole nitrogens is 1. The zero-order valence-electron chi connectivity index (χ0n) is 15.1. The summed E-state index contributed by atoms with van der Waals surface area (Å²) in [5, 5.41) is 0. The Balaban J connectivity index is 2.13. The number of hydrogen-bond acceptors (Lipinski definition) is 9. The van der Waals surface area contributed by atoms with Crippen molar-refractivity contribution in [2.45, 2.75) is 25.2 Å². The summed E-state index contributed by atoms with van der Waals surface area (Å²) in [4.78, 5) is 60.7. The van der Waals surface area contributed by atoms with E-state index in [0.717, 1.165) is 16.8 Å². The molecule has 2 rings (SSSR count). The van der Waals surface area contributed by atoms with Gasteiger partial charge in [0.05, 0.1) is 6.61 Å². The first-order valence-corrected chi connectivity index (χ1v) is 12.4. The van der Waals surface area contributed by atoms with Gasteiger partial charge in [-0.15, -0.1) is 0 Å². The lowest BCUT2D eigenvalue weighted by Crippen LogP contribution is -2.38. The first kappa shape index (κ1) is 25.2. The third kappa shape index (κ3) is 6.74. The van der Waals surface area contributed by atoms with Gasteiger partial charge in [0.25, 0.3) is 5.56 Å². The molecule has 5 atom stereocenters. The lowest BCUT2D eigenvalue weighted by molar-refractivity contribution is -0.111. The fourth-order valence-electron chi connectivity index (χ4n) is 2.79. The highest BCUT2D eigenvalue weighted by Crippen LogP contribution is 2.66. The fraction of sp³-hybridized carbons (Fsp3) is 0.636. The zero-order valence-corrected chi connectivity index (χ0v) is 17.7. The Morgan fingerprint density at radius 2 is 1.87 bits per heavy atom. The first-order chi connectivity index (χ1) is 13.6. The Kier molecular flexibility index (Phi) is 7.44. The Labute approximate surface area is 166 Å². The average Bonchev–Trinajstić information content (AvgIpc) is 2.87. The van der Waals surface area contributed by atoms with Crippen LogP contribution in [0.5, 0.6) is 0 Å². The van der Waals surface area contributed by atoms with Crippen LogP contribution in [0.1, 0.15) is 19.6 Å². The summed E-state index contributed by atoms with van der Waals surface area (Å²) in [6.45, 7) is -0.724. The molecule has 19 heteroatoms. The second-order valence-corrected chi connectivity index (χ2v) is 10.8. The van der Waals surface area contributed by atoms with Crippen molar-refractivity contribution in [2.75, 3.05) is 13.3 Å². The molecule has 0 amide bonds. The van der Waals surface area contributed by atoms with Gasteiger partial charge < -0.3 is 24.3 Å². The summed E-state index contributed by atoms with van der Waals surface area (Å²) in [5.74, 6) is -0.547. The van der Waals surface area contributed by atoms with E-state index in [1.165, 1.54) is 0 Å². The molecule has 0 saturated carbocycles. The maximum Gasteiger partial charge on any atom is 0.490 e. The summed E-state index contributed by atoms with van der Waals surface area (Å²) >= 11 is 0. The normalized spacial score (nSPS) is 28.7. The topological polar surface area (TPSA) is 224 Å². The Bertz CT molecular complexity index is 1040. The lowest BCUT2D eigenvalue weighted by Gasteiger charge is -2.27.